The minimum atomic E-state index is 0.911. The van der Waals surface area contributed by atoms with E-state index in [-0.39, 0.29) is 0 Å². The van der Waals surface area contributed by atoms with Crippen LogP contribution in [0.5, 0.6) is 0 Å². The first-order valence-electron chi connectivity index (χ1n) is 17.2. The van der Waals surface area contributed by atoms with Crippen molar-refractivity contribution in [2.45, 2.75) is 0 Å². The highest BCUT2D eigenvalue weighted by Crippen LogP contribution is 2.41. The molecule has 0 aliphatic heterocycles. The van der Waals surface area contributed by atoms with Gasteiger partial charge in [0, 0.05) is 43.0 Å². The predicted molar refractivity (Wildman–Crippen MR) is 218 cm³/mol. The second-order valence-electron chi connectivity index (χ2n) is 13.0. The van der Waals surface area contributed by atoms with E-state index in [0.29, 0.717) is 0 Å². The van der Waals surface area contributed by atoms with Gasteiger partial charge in [-0.3, -0.25) is 0 Å². The molecular formula is C48H31NOS. The van der Waals surface area contributed by atoms with Gasteiger partial charge in [0.2, 0.25) is 0 Å². The summed E-state index contributed by atoms with van der Waals surface area (Å²) in [5.41, 5.74) is 11.0. The zero-order chi connectivity index (χ0) is 33.7. The van der Waals surface area contributed by atoms with Gasteiger partial charge >= 0.3 is 0 Å². The molecule has 0 fully saturated rings. The highest BCUT2D eigenvalue weighted by molar-refractivity contribution is 7.22. The molecule has 2 heterocycles. The number of nitrogens with zero attached hydrogens (tertiary/aromatic N) is 1. The number of anilines is 3. The number of furan rings is 1. The van der Waals surface area contributed by atoms with Crippen LogP contribution in [-0.4, -0.2) is 0 Å². The fraction of sp³-hybridized carbons (Fsp3) is 0. The van der Waals surface area contributed by atoms with Crippen LogP contribution in [0.4, 0.5) is 17.1 Å². The van der Waals surface area contributed by atoms with Crippen LogP contribution in [0.3, 0.4) is 0 Å². The maximum atomic E-state index is 6.38. The molecule has 0 spiro atoms. The number of para-hydroxylation sites is 2. The van der Waals surface area contributed by atoms with Crippen LogP contribution in [0, 0.1) is 0 Å². The predicted octanol–water partition coefficient (Wildman–Crippen LogP) is 14.4. The number of fused-ring (bicyclic) bond motifs is 5. The Morgan fingerprint density at radius 1 is 0.392 bits per heavy atom. The van der Waals surface area contributed by atoms with Crippen LogP contribution in [0.1, 0.15) is 0 Å². The summed E-state index contributed by atoms with van der Waals surface area (Å²) in [6.45, 7) is 0. The van der Waals surface area contributed by atoms with E-state index in [1.54, 1.807) is 0 Å². The van der Waals surface area contributed by atoms with E-state index in [9.17, 15) is 0 Å². The lowest BCUT2D eigenvalue weighted by Crippen LogP contribution is -2.09. The first kappa shape index (κ1) is 29.5. The molecule has 0 atom stereocenters. The first-order valence-corrected chi connectivity index (χ1v) is 18.1. The molecule has 51 heavy (non-hydrogen) atoms. The minimum Gasteiger partial charge on any atom is -0.455 e. The van der Waals surface area contributed by atoms with Crippen LogP contribution in [-0.2, 0) is 0 Å². The molecule has 0 aliphatic rings. The number of hydrogen-bond donors (Lipinski definition) is 0. The molecule has 0 amide bonds. The molecule has 0 bridgehead atoms. The quantitative estimate of drug-likeness (QED) is 0.175. The fourth-order valence-corrected chi connectivity index (χ4v) is 8.35. The Balaban J connectivity index is 1.04. The molecule has 3 heteroatoms. The van der Waals surface area contributed by atoms with Gasteiger partial charge in [0.1, 0.15) is 11.2 Å². The molecule has 10 aromatic rings. The molecule has 240 valence electrons. The Morgan fingerprint density at radius 3 is 1.73 bits per heavy atom. The van der Waals surface area contributed by atoms with E-state index in [0.717, 1.165) is 50.1 Å². The molecular weight excluding hydrogens is 639 g/mol. The molecule has 0 saturated heterocycles. The molecule has 0 saturated carbocycles. The van der Waals surface area contributed by atoms with Gasteiger partial charge < -0.3 is 9.32 Å². The standard InChI is InChI=1S/C48H31NOS/c1-2-9-36-30-37(17-16-32(36)8-1)33-18-24-39(25-19-33)49(41-28-22-35(23-29-41)47-31-38-10-3-6-15-46(38)51-47)40-26-20-34(21-27-40)42-12-7-13-44-43-11-4-5-14-45(43)50-48(42)44/h1-31H. The Morgan fingerprint density at radius 2 is 0.980 bits per heavy atom. The lowest BCUT2D eigenvalue weighted by Gasteiger charge is -2.26. The number of benzene rings is 8. The molecule has 0 radical (unpaired) electrons. The normalized spacial score (nSPS) is 11.5. The van der Waals surface area contributed by atoms with Crippen molar-refractivity contribution in [1.29, 1.82) is 0 Å². The first-order chi connectivity index (χ1) is 25.2. The smallest absolute Gasteiger partial charge is 0.143 e. The van der Waals surface area contributed by atoms with Gasteiger partial charge in [-0.1, -0.05) is 127 Å². The number of thiophene rings is 1. The summed E-state index contributed by atoms with van der Waals surface area (Å²) in [7, 11) is 0. The topological polar surface area (TPSA) is 16.4 Å². The molecule has 8 aromatic carbocycles. The largest absolute Gasteiger partial charge is 0.455 e. The Labute approximate surface area is 300 Å². The van der Waals surface area contributed by atoms with Crippen LogP contribution < -0.4 is 4.90 Å². The lowest BCUT2D eigenvalue weighted by atomic mass is 10.0. The van der Waals surface area contributed by atoms with Gasteiger partial charge in [0.25, 0.3) is 0 Å². The van der Waals surface area contributed by atoms with Gasteiger partial charge in [-0.25, -0.2) is 0 Å². The van der Waals surface area contributed by atoms with E-state index >= 15 is 0 Å². The zero-order valence-electron chi connectivity index (χ0n) is 27.7. The van der Waals surface area contributed by atoms with Crippen LogP contribution >= 0.6 is 11.3 Å². The number of rotatable bonds is 6. The molecule has 0 unspecified atom stereocenters. The van der Waals surface area contributed by atoms with Crippen molar-refractivity contribution in [2.75, 3.05) is 4.90 Å². The Bertz CT molecular complexity index is 2810. The summed E-state index contributed by atoms with van der Waals surface area (Å²) in [4.78, 5) is 3.61. The Kier molecular flexibility index (Phi) is 7.04. The second-order valence-corrected chi connectivity index (χ2v) is 14.1. The van der Waals surface area contributed by atoms with E-state index in [1.165, 1.54) is 42.4 Å². The van der Waals surface area contributed by atoms with Gasteiger partial charge in [0.15, 0.2) is 0 Å². The van der Waals surface area contributed by atoms with E-state index < -0.39 is 0 Å². The molecule has 10 rings (SSSR count). The van der Waals surface area contributed by atoms with Crippen molar-refractivity contribution in [1.82, 2.24) is 0 Å². The number of hydrogen-bond acceptors (Lipinski definition) is 3. The van der Waals surface area contributed by atoms with Crippen molar-refractivity contribution < 1.29 is 4.42 Å². The van der Waals surface area contributed by atoms with E-state index in [4.69, 9.17) is 4.42 Å². The van der Waals surface area contributed by atoms with Gasteiger partial charge in [-0.2, -0.15) is 0 Å². The van der Waals surface area contributed by atoms with Crippen molar-refractivity contribution >= 4 is 71.2 Å². The van der Waals surface area contributed by atoms with E-state index in [1.807, 2.05) is 23.5 Å². The summed E-state index contributed by atoms with van der Waals surface area (Å²) in [6, 6.07) is 67.5. The molecule has 0 aliphatic carbocycles. The van der Waals surface area contributed by atoms with E-state index in [2.05, 4.69) is 181 Å². The van der Waals surface area contributed by atoms with Gasteiger partial charge in [-0.15, -0.1) is 11.3 Å². The van der Waals surface area contributed by atoms with Crippen LogP contribution in [0.15, 0.2) is 192 Å². The maximum Gasteiger partial charge on any atom is 0.143 e. The highest BCUT2D eigenvalue weighted by atomic mass is 32.1. The van der Waals surface area contributed by atoms with Crippen molar-refractivity contribution in [3.63, 3.8) is 0 Å². The average molecular weight is 670 g/mol. The summed E-state index contributed by atoms with van der Waals surface area (Å²) in [5, 5.41) is 6.07. The van der Waals surface area contributed by atoms with Crippen molar-refractivity contribution in [3.8, 4) is 32.7 Å². The SMILES string of the molecule is c1ccc2cc(-c3ccc(N(c4ccc(-c5cc6ccccc6s5)cc4)c4ccc(-c5cccc6c5oc5ccccc56)cc4)cc3)ccc2c1. The fourth-order valence-electron chi connectivity index (χ4n) is 7.28. The summed E-state index contributed by atoms with van der Waals surface area (Å²) >= 11 is 1.84. The second kappa shape index (κ2) is 12.2. The van der Waals surface area contributed by atoms with Crippen LogP contribution in [0.25, 0.3) is 75.5 Å². The molecule has 0 N–H and O–H groups in total. The molecule has 2 aromatic heterocycles. The van der Waals surface area contributed by atoms with Crippen LogP contribution in [0.2, 0.25) is 0 Å². The van der Waals surface area contributed by atoms with Crippen molar-refractivity contribution in [3.05, 3.63) is 188 Å². The molecule has 2 nitrogen and oxygen atoms in total. The Hall–Kier alpha value is -6.42. The minimum absolute atomic E-state index is 0.911. The summed E-state index contributed by atoms with van der Waals surface area (Å²) < 4.78 is 7.69. The summed E-state index contributed by atoms with van der Waals surface area (Å²) in [5.74, 6) is 0. The third-order valence-corrected chi connectivity index (χ3v) is 11.0. The van der Waals surface area contributed by atoms with Gasteiger partial charge in [0.05, 0.1) is 0 Å². The maximum absolute atomic E-state index is 6.38. The lowest BCUT2D eigenvalue weighted by molar-refractivity contribution is 0.670. The average Bonchev–Trinajstić information content (AvgIpc) is 3.81. The zero-order valence-corrected chi connectivity index (χ0v) is 28.5. The third kappa shape index (κ3) is 5.27. The van der Waals surface area contributed by atoms with Gasteiger partial charge in [-0.05, 0) is 99.1 Å². The third-order valence-electron chi connectivity index (χ3n) is 9.88. The summed E-state index contributed by atoms with van der Waals surface area (Å²) in [6.07, 6.45) is 0. The van der Waals surface area contributed by atoms with Crippen molar-refractivity contribution in [2.24, 2.45) is 0 Å². The monoisotopic (exact) mass is 669 g/mol. The highest BCUT2D eigenvalue weighted by Gasteiger charge is 2.16.